The third-order valence-electron chi connectivity index (χ3n) is 3.26. The topological polar surface area (TPSA) is 84.0 Å². The van der Waals surface area contributed by atoms with E-state index in [-0.39, 0.29) is 22.9 Å². The maximum absolute atomic E-state index is 12.5. The Morgan fingerprint density at radius 1 is 0.667 bits per heavy atom. The van der Waals surface area contributed by atoms with Crippen molar-refractivity contribution in [1.82, 2.24) is 9.97 Å². The number of amides is 2. The van der Waals surface area contributed by atoms with E-state index in [2.05, 4.69) is 20.6 Å². The molecule has 2 amide bonds. The lowest BCUT2D eigenvalue weighted by atomic mass is 10.1. The van der Waals surface area contributed by atoms with Crippen molar-refractivity contribution < 1.29 is 9.59 Å². The molecule has 6 heteroatoms. The summed E-state index contributed by atoms with van der Waals surface area (Å²) in [5, 5.41) is 5.45. The molecule has 0 atom stereocenters. The molecule has 0 aliphatic rings. The van der Waals surface area contributed by atoms with Gasteiger partial charge < -0.3 is 10.6 Å². The molecular formula is C18H14N4O2. The van der Waals surface area contributed by atoms with Crippen molar-refractivity contribution in [2.75, 3.05) is 10.6 Å². The fraction of sp³-hybridized carbons (Fsp3) is 0. The van der Waals surface area contributed by atoms with Crippen LogP contribution in [-0.2, 0) is 0 Å². The molecule has 0 bridgehead atoms. The summed E-state index contributed by atoms with van der Waals surface area (Å²) in [6.07, 6.45) is 6.31. The Morgan fingerprint density at radius 2 is 1.12 bits per heavy atom. The molecule has 0 radical (unpaired) electrons. The van der Waals surface area contributed by atoms with E-state index < -0.39 is 0 Å². The van der Waals surface area contributed by atoms with Crippen LogP contribution in [0.2, 0.25) is 0 Å². The van der Waals surface area contributed by atoms with E-state index in [0.717, 1.165) is 0 Å². The highest BCUT2D eigenvalue weighted by atomic mass is 16.2. The Balaban J connectivity index is 1.82. The zero-order valence-corrected chi connectivity index (χ0v) is 12.6. The van der Waals surface area contributed by atoms with Crippen LogP contribution in [0.1, 0.15) is 20.7 Å². The zero-order valence-electron chi connectivity index (χ0n) is 12.6. The normalized spacial score (nSPS) is 10.0. The standard InChI is InChI=1S/C18H14N4O2/c23-17(21-13-5-3-9-19-11-13)15-7-1-2-8-16(15)18(24)22-14-6-4-10-20-12-14/h1-12H,(H,21,23)(H,22,24). The molecule has 0 aliphatic heterocycles. The Hall–Kier alpha value is -3.54. The Bertz CT molecular complexity index is 779. The van der Waals surface area contributed by atoms with Crippen LogP contribution in [-0.4, -0.2) is 21.8 Å². The molecule has 0 unspecified atom stereocenters. The van der Waals surface area contributed by atoms with Gasteiger partial charge in [-0.05, 0) is 36.4 Å². The molecule has 1 aromatic carbocycles. The summed E-state index contributed by atoms with van der Waals surface area (Å²) >= 11 is 0. The van der Waals surface area contributed by atoms with Crippen molar-refractivity contribution in [2.45, 2.75) is 0 Å². The van der Waals surface area contributed by atoms with Crippen LogP contribution < -0.4 is 10.6 Å². The first-order valence-corrected chi connectivity index (χ1v) is 7.26. The summed E-state index contributed by atoms with van der Waals surface area (Å²) in [7, 11) is 0. The Morgan fingerprint density at radius 3 is 1.50 bits per heavy atom. The summed E-state index contributed by atoms with van der Waals surface area (Å²) in [4.78, 5) is 32.8. The minimum Gasteiger partial charge on any atom is -0.321 e. The molecular weight excluding hydrogens is 304 g/mol. The maximum atomic E-state index is 12.5. The van der Waals surface area contributed by atoms with Crippen LogP contribution in [0, 0.1) is 0 Å². The number of rotatable bonds is 4. The van der Waals surface area contributed by atoms with Crippen LogP contribution in [0.3, 0.4) is 0 Å². The number of carbonyl (C=O) groups is 2. The lowest BCUT2D eigenvalue weighted by Gasteiger charge is -2.10. The van der Waals surface area contributed by atoms with Crippen molar-refractivity contribution in [3.05, 3.63) is 84.4 Å². The Kier molecular flexibility index (Phi) is 4.57. The summed E-state index contributed by atoms with van der Waals surface area (Å²) in [6.45, 7) is 0. The van der Waals surface area contributed by atoms with Crippen molar-refractivity contribution in [1.29, 1.82) is 0 Å². The van der Waals surface area contributed by atoms with E-state index in [1.54, 1.807) is 60.9 Å². The summed E-state index contributed by atoms with van der Waals surface area (Å²) in [6, 6.07) is 13.5. The van der Waals surface area contributed by atoms with Crippen LogP contribution in [0.25, 0.3) is 0 Å². The molecule has 2 heterocycles. The van der Waals surface area contributed by atoms with Gasteiger partial charge in [0.1, 0.15) is 0 Å². The minimum absolute atomic E-state index is 0.280. The predicted molar refractivity (Wildman–Crippen MR) is 90.8 cm³/mol. The van der Waals surface area contributed by atoms with Gasteiger partial charge in [0, 0.05) is 12.4 Å². The fourth-order valence-corrected chi connectivity index (χ4v) is 2.15. The lowest BCUT2D eigenvalue weighted by molar-refractivity contribution is 0.0990. The van der Waals surface area contributed by atoms with Gasteiger partial charge in [0.05, 0.1) is 34.9 Å². The lowest BCUT2D eigenvalue weighted by Crippen LogP contribution is -2.20. The van der Waals surface area contributed by atoms with Gasteiger partial charge in [-0.25, -0.2) is 0 Å². The number of anilines is 2. The van der Waals surface area contributed by atoms with Gasteiger partial charge in [-0.15, -0.1) is 0 Å². The predicted octanol–water partition coefficient (Wildman–Crippen LogP) is 2.98. The fourth-order valence-electron chi connectivity index (χ4n) is 2.15. The molecule has 118 valence electrons. The van der Waals surface area contributed by atoms with E-state index >= 15 is 0 Å². The Labute approximate surface area is 138 Å². The van der Waals surface area contributed by atoms with Crippen LogP contribution in [0.5, 0.6) is 0 Å². The van der Waals surface area contributed by atoms with Crippen molar-refractivity contribution in [2.24, 2.45) is 0 Å². The first-order chi connectivity index (χ1) is 11.7. The largest absolute Gasteiger partial charge is 0.321 e. The third-order valence-corrected chi connectivity index (χ3v) is 3.26. The average Bonchev–Trinajstić information content (AvgIpc) is 2.63. The second kappa shape index (κ2) is 7.15. The van der Waals surface area contributed by atoms with Crippen molar-refractivity contribution >= 4 is 23.2 Å². The molecule has 0 saturated heterocycles. The number of hydrogen-bond donors (Lipinski definition) is 2. The molecule has 0 spiro atoms. The van der Waals surface area contributed by atoms with Gasteiger partial charge in [0.2, 0.25) is 0 Å². The van der Waals surface area contributed by atoms with Gasteiger partial charge in [-0.1, -0.05) is 12.1 Å². The second-order valence-electron chi connectivity index (χ2n) is 4.94. The van der Waals surface area contributed by atoms with Crippen LogP contribution >= 0.6 is 0 Å². The molecule has 6 nitrogen and oxygen atoms in total. The highest BCUT2D eigenvalue weighted by Gasteiger charge is 2.17. The molecule has 0 saturated carbocycles. The van der Waals surface area contributed by atoms with E-state index in [9.17, 15) is 9.59 Å². The van der Waals surface area contributed by atoms with Gasteiger partial charge in [0.25, 0.3) is 11.8 Å². The monoisotopic (exact) mass is 318 g/mol. The van der Waals surface area contributed by atoms with Gasteiger partial charge in [-0.3, -0.25) is 19.6 Å². The molecule has 2 N–H and O–H groups in total. The quantitative estimate of drug-likeness (QED) is 0.774. The number of benzene rings is 1. The van der Waals surface area contributed by atoms with Crippen molar-refractivity contribution in [3.63, 3.8) is 0 Å². The third kappa shape index (κ3) is 3.61. The second-order valence-corrected chi connectivity index (χ2v) is 4.94. The number of nitrogens with one attached hydrogen (secondary N) is 2. The van der Waals surface area contributed by atoms with E-state index in [0.29, 0.717) is 11.4 Å². The SMILES string of the molecule is O=C(Nc1cccnc1)c1ccccc1C(=O)Nc1cccnc1. The van der Waals surface area contributed by atoms with Crippen molar-refractivity contribution in [3.8, 4) is 0 Å². The van der Waals surface area contributed by atoms with Gasteiger partial charge in [0.15, 0.2) is 0 Å². The first kappa shape index (κ1) is 15.4. The zero-order chi connectivity index (χ0) is 16.8. The number of nitrogens with zero attached hydrogens (tertiary/aromatic N) is 2. The number of pyridine rings is 2. The van der Waals surface area contributed by atoms with Crippen LogP contribution in [0.4, 0.5) is 11.4 Å². The van der Waals surface area contributed by atoms with Gasteiger partial charge in [-0.2, -0.15) is 0 Å². The first-order valence-electron chi connectivity index (χ1n) is 7.26. The molecule has 3 rings (SSSR count). The van der Waals surface area contributed by atoms with Gasteiger partial charge >= 0.3 is 0 Å². The molecule has 3 aromatic rings. The summed E-state index contributed by atoms with van der Waals surface area (Å²) in [5.41, 5.74) is 1.68. The highest BCUT2D eigenvalue weighted by molar-refractivity contribution is 6.15. The number of carbonyl (C=O) groups excluding carboxylic acids is 2. The molecule has 2 aromatic heterocycles. The average molecular weight is 318 g/mol. The minimum atomic E-state index is -0.375. The number of hydrogen-bond acceptors (Lipinski definition) is 4. The van der Waals surface area contributed by atoms with Crippen LogP contribution in [0.15, 0.2) is 73.3 Å². The maximum Gasteiger partial charge on any atom is 0.256 e. The summed E-state index contributed by atoms with van der Waals surface area (Å²) < 4.78 is 0. The van der Waals surface area contributed by atoms with E-state index in [4.69, 9.17) is 0 Å². The van der Waals surface area contributed by atoms with E-state index in [1.165, 1.54) is 12.4 Å². The molecule has 0 aliphatic carbocycles. The highest BCUT2D eigenvalue weighted by Crippen LogP contribution is 2.14. The number of aromatic nitrogens is 2. The smallest absolute Gasteiger partial charge is 0.256 e. The molecule has 0 fully saturated rings. The van der Waals surface area contributed by atoms with E-state index in [1.807, 2.05) is 0 Å². The molecule has 24 heavy (non-hydrogen) atoms. The summed E-state index contributed by atoms with van der Waals surface area (Å²) in [5.74, 6) is -0.750.